The fourth-order valence-corrected chi connectivity index (χ4v) is 4.04. The summed E-state index contributed by atoms with van der Waals surface area (Å²) < 4.78 is 37.7. The van der Waals surface area contributed by atoms with Crippen LogP contribution in [-0.2, 0) is 24.3 Å². The summed E-state index contributed by atoms with van der Waals surface area (Å²) in [6.45, 7) is 2.68. The van der Waals surface area contributed by atoms with E-state index in [1.54, 1.807) is 0 Å². The average molecular weight is 419 g/mol. The number of amides is 1. The molecule has 1 fully saturated rings. The summed E-state index contributed by atoms with van der Waals surface area (Å²) in [6.07, 6.45) is 2.26. The van der Waals surface area contributed by atoms with Gasteiger partial charge in [-0.05, 0) is 37.5 Å². The Kier molecular flexibility index (Phi) is 8.03. The number of halogens is 1. The van der Waals surface area contributed by atoms with Crippen LogP contribution in [0, 0.1) is 0 Å². The van der Waals surface area contributed by atoms with Gasteiger partial charge in [0.05, 0.1) is 16.7 Å². The van der Waals surface area contributed by atoms with Crippen molar-refractivity contribution in [3.8, 4) is 0 Å². The Morgan fingerprint density at radius 3 is 2.81 bits per heavy atom. The molecule has 10 heteroatoms. The lowest BCUT2D eigenvalue weighted by molar-refractivity contribution is -0.124. The van der Waals surface area contributed by atoms with Crippen molar-refractivity contribution >= 4 is 33.5 Å². The number of hydrogen-bond acceptors (Lipinski definition) is 6. The minimum Gasteiger partial charge on any atom is -0.452 e. The SMILES string of the molecule is CCCNC(=O)COC(=O)c1ccc(Cl)c(S(=O)(=O)NC[C@@H]2CCCO2)c1. The Bertz CT molecular complexity index is 778. The van der Waals surface area contributed by atoms with E-state index in [1.807, 2.05) is 6.92 Å². The third-order valence-corrected chi connectivity index (χ3v) is 5.79. The van der Waals surface area contributed by atoms with Gasteiger partial charge in [0, 0.05) is 19.7 Å². The van der Waals surface area contributed by atoms with Crippen LogP contribution in [-0.4, -0.2) is 52.7 Å². The molecule has 1 aromatic carbocycles. The van der Waals surface area contributed by atoms with Gasteiger partial charge in [0.1, 0.15) is 4.90 Å². The fourth-order valence-electron chi connectivity index (χ4n) is 2.45. The van der Waals surface area contributed by atoms with Crippen molar-refractivity contribution in [3.05, 3.63) is 28.8 Å². The molecule has 0 radical (unpaired) electrons. The highest BCUT2D eigenvalue weighted by Gasteiger charge is 2.23. The molecule has 0 unspecified atom stereocenters. The largest absolute Gasteiger partial charge is 0.452 e. The first-order valence-corrected chi connectivity index (χ1v) is 10.5. The first-order valence-electron chi connectivity index (χ1n) is 8.68. The molecule has 1 atom stereocenters. The van der Waals surface area contributed by atoms with Crippen molar-refractivity contribution in [2.45, 2.75) is 37.2 Å². The molecular weight excluding hydrogens is 396 g/mol. The van der Waals surface area contributed by atoms with Crippen LogP contribution in [0.1, 0.15) is 36.5 Å². The molecule has 2 rings (SSSR count). The number of hydrogen-bond donors (Lipinski definition) is 2. The summed E-state index contributed by atoms with van der Waals surface area (Å²) in [6, 6.07) is 3.77. The molecule has 1 heterocycles. The second-order valence-corrected chi connectivity index (χ2v) is 8.20. The maximum absolute atomic E-state index is 12.5. The number of carbonyl (C=O) groups excluding carboxylic acids is 2. The molecule has 1 aliphatic rings. The Hall–Kier alpha value is -1.68. The standard InChI is InChI=1S/C17H23ClN2O6S/c1-2-7-19-16(21)11-26-17(22)12-5-6-14(18)15(9-12)27(23,24)20-10-13-4-3-8-25-13/h5-6,9,13,20H,2-4,7-8,10-11H2,1H3,(H,19,21)/t13-/m0/s1. The molecule has 8 nitrogen and oxygen atoms in total. The van der Waals surface area contributed by atoms with Gasteiger partial charge in [0.2, 0.25) is 10.0 Å². The molecule has 1 aromatic rings. The molecule has 27 heavy (non-hydrogen) atoms. The predicted molar refractivity (Wildman–Crippen MR) is 99.2 cm³/mol. The topological polar surface area (TPSA) is 111 Å². The smallest absolute Gasteiger partial charge is 0.338 e. The van der Waals surface area contributed by atoms with Gasteiger partial charge in [-0.2, -0.15) is 0 Å². The van der Waals surface area contributed by atoms with Crippen LogP contribution in [0.5, 0.6) is 0 Å². The molecule has 1 saturated heterocycles. The highest BCUT2D eigenvalue weighted by Crippen LogP contribution is 2.23. The minimum atomic E-state index is -3.93. The zero-order valence-corrected chi connectivity index (χ0v) is 16.6. The number of carbonyl (C=O) groups is 2. The quantitative estimate of drug-likeness (QED) is 0.587. The zero-order valence-electron chi connectivity index (χ0n) is 15.0. The molecule has 0 aromatic heterocycles. The Morgan fingerprint density at radius 2 is 2.15 bits per heavy atom. The van der Waals surface area contributed by atoms with Crippen molar-refractivity contribution in [1.29, 1.82) is 0 Å². The molecule has 0 bridgehead atoms. The highest BCUT2D eigenvalue weighted by molar-refractivity contribution is 7.89. The van der Waals surface area contributed by atoms with Gasteiger partial charge in [-0.15, -0.1) is 0 Å². The first kappa shape index (κ1) is 21.6. The summed E-state index contributed by atoms with van der Waals surface area (Å²) in [4.78, 5) is 23.4. The van der Waals surface area contributed by atoms with Gasteiger partial charge >= 0.3 is 5.97 Å². The van der Waals surface area contributed by atoms with Crippen LogP contribution in [0.2, 0.25) is 5.02 Å². The minimum absolute atomic E-state index is 0.0137. The van der Waals surface area contributed by atoms with E-state index in [1.165, 1.54) is 12.1 Å². The fraction of sp³-hybridized carbons (Fsp3) is 0.529. The average Bonchev–Trinajstić information content (AvgIpc) is 3.16. The van der Waals surface area contributed by atoms with Crippen LogP contribution in [0.3, 0.4) is 0 Å². The van der Waals surface area contributed by atoms with Crippen molar-refractivity contribution in [1.82, 2.24) is 10.0 Å². The number of rotatable bonds is 9. The third-order valence-electron chi connectivity index (χ3n) is 3.89. The molecule has 1 aliphatic heterocycles. The van der Waals surface area contributed by atoms with Crippen LogP contribution >= 0.6 is 11.6 Å². The lowest BCUT2D eigenvalue weighted by Crippen LogP contribution is -2.32. The summed E-state index contributed by atoms with van der Waals surface area (Å²) in [5.74, 6) is -1.24. The van der Waals surface area contributed by atoms with Gasteiger partial charge in [-0.1, -0.05) is 18.5 Å². The molecule has 0 saturated carbocycles. The number of esters is 1. The summed E-state index contributed by atoms with van der Waals surface area (Å²) in [5, 5.41) is 2.55. The van der Waals surface area contributed by atoms with Crippen LogP contribution in [0.4, 0.5) is 0 Å². The monoisotopic (exact) mass is 418 g/mol. The predicted octanol–water partition coefficient (Wildman–Crippen LogP) is 1.48. The van der Waals surface area contributed by atoms with E-state index in [4.69, 9.17) is 21.1 Å². The second-order valence-electron chi connectivity index (χ2n) is 6.06. The van der Waals surface area contributed by atoms with Crippen LogP contribution in [0.15, 0.2) is 23.1 Å². The Morgan fingerprint density at radius 1 is 1.37 bits per heavy atom. The summed E-state index contributed by atoms with van der Waals surface area (Å²) >= 11 is 6.00. The van der Waals surface area contributed by atoms with Gasteiger partial charge in [-0.3, -0.25) is 4.79 Å². The van der Waals surface area contributed by atoms with E-state index in [9.17, 15) is 18.0 Å². The lowest BCUT2D eigenvalue weighted by Gasteiger charge is -2.13. The third kappa shape index (κ3) is 6.46. The highest BCUT2D eigenvalue weighted by atomic mass is 35.5. The molecule has 0 spiro atoms. The summed E-state index contributed by atoms with van der Waals surface area (Å²) in [7, 11) is -3.93. The first-order chi connectivity index (χ1) is 12.8. The van der Waals surface area contributed by atoms with E-state index in [0.717, 1.165) is 25.3 Å². The van der Waals surface area contributed by atoms with E-state index in [-0.39, 0.29) is 28.1 Å². The van der Waals surface area contributed by atoms with Gasteiger partial charge in [0.25, 0.3) is 5.91 Å². The molecule has 150 valence electrons. The summed E-state index contributed by atoms with van der Waals surface area (Å²) in [5.41, 5.74) is -0.0137. The number of ether oxygens (including phenoxy) is 2. The van der Waals surface area contributed by atoms with E-state index in [2.05, 4.69) is 10.0 Å². The zero-order chi connectivity index (χ0) is 19.9. The van der Waals surface area contributed by atoms with Crippen molar-refractivity contribution in [2.24, 2.45) is 0 Å². The molecule has 2 N–H and O–H groups in total. The lowest BCUT2D eigenvalue weighted by atomic mass is 10.2. The van der Waals surface area contributed by atoms with Gasteiger partial charge in [0.15, 0.2) is 6.61 Å². The van der Waals surface area contributed by atoms with E-state index < -0.39 is 28.5 Å². The van der Waals surface area contributed by atoms with E-state index >= 15 is 0 Å². The second kappa shape index (κ2) is 10.0. The molecule has 1 amide bonds. The Balaban J connectivity index is 2.03. The number of nitrogens with one attached hydrogen (secondary N) is 2. The maximum atomic E-state index is 12.5. The van der Waals surface area contributed by atoms with Crippen molar-refractivity contribution in [3.63, 3.8) is 0 Å². The van der Waals surface area contributed by atoms with Crippen molar-refractivity contribution < 1.29 is 27.5 Å². The maximum Gasteiger partial charge on any atom is 0.338 e. The van der Waals surface area contributed by atoms with Gasteiger partial charge < -0.3 is 14.8 Å². The Labute approximate surface area is 163 Å². The number of sulfonamides is 1. The van der Waals surface area contributed by atoms with E-state index in [0.29, 0.717) is 13.2 Å². The van der Waals surface area contributed by atoms with Crippen LogP contribution in [0.25, 0.3) is 0 Å². The van der Waals surface area contributed by atoms with Crippen molar-refractivity contribution in [2.75, 3.05) is 26.3 Å². The van der Waals surface area contributed by atoms with Gasteiger partial charge in [-0.25, -0.2) is 17.9 Å². The molecule has 0 aliphatic carbocycles. The molecular formula is C17H23ClN2O6S. The number of benzene rings is 1. The normalized spacial score (nSPS) is 16.9. The van der Waals surface area contributed by atoms with Crippen LogP contribution < -0.4 is 10.0 Å².